The molecule has 0 aliphatic rings. The van der Waals surface area contributed by atoms with Crippen LogP contribution in [0.25, 0.3) is 0 Å². The Kier molecular flexibility index (Phi) is 6.82. The monoisotopic (exact) mass is 406 g/mol. The minimum atomic E-state index is -0.457. The fourth-order valence-corrected chi connectivity index (χ4v) is 2.63. The molecule has 0 N–H and O–H groups in total. The van der Waals surface area contributed by atoms with E-state index < -0.39 is 5.97 Å². The van der Waals surface area contributed by atoms with Crippen LogP contribution in [0.3, 0.4) is 0 Å². The second-order valence-electron chi connectivity index (χ2n) is 5.85. The van der Waals surface area contributed by atoms with E-state index in [1.165, 1.54) is 0 Å². The van der Waals surface area contributed by atoms with Gasteiger partial charge in [0.15, 0.2) is 11.6 Å². The Morgan fingerprint density at radius 3 is 2.52 bits per heavy atom. The number of halogens is 1. The number of carbonyl (C=O) groups is 1. The number of hydrogen-bond donors (Lipinski definition) is 0. The van der Waals surface area contributed by atoms with Crippen LogP contribution in [0.5, 0.6) is 11.5 Å². The molecule has 0 saturated carbocycles. The van der Waals surface area contributed by atoms with Crippen molar-refractivity contribution < 1.29 is 14.3 Å². The Balaban J connectivity index is 2.47. The molecule has 1 aromatic carbocycles. The van der Waals surface area contributed by atoms with Gasteiger partial charge in [-0.2, -0.15) is 0 Å². The van der Waals surface area contributed by atoms with Gasteiger partial charge in [0.25, 0.3) is 0 Å². The summed E-state index contributed by atoms with van der Waals surface area (Å²) in [7, 11) is 3.73. The largest absolute Gasteiger partial charge is 0.489 e. The van der Waals surface area contributed by atoms with Gasteiger partial charge in [-0.05, 0) is 41.4 Å². The number of nitrogens with zero attached hydrogens (tertiary/aromatic N) is 2. The lowest BCUT2D eigenvalue weighted by Gasteiger charge is -2.21. The van der Waals surface area contributed by atoms with E-state index in [4.69, 9.17) is 9.47 Å². The highest BCUT2D eigenvalue weighted by Crippen LogP contribution is 2.36. The Hall–Kier alpha value is -2.08. The average Bonchev–Trinajstić information content (AvgIpc) is 2.58. The Labute approximate surface area is 157 Å². The van der Waals surface area contributed by atoms with Crippen LogP contribution in [-0.2, 0) is 0 Å². The molecule has 0 radical (unpaired) electrons. The quantitative estimate of drug-likeness (QED) is 0.290. The lowest BCUT2D eigenvalue weighted by Crippen LogP contribution is -2.19. The first-order chi connectivity index (χ1) is 12.0. The van der Waals surface area contributed by atoms with Crippen molar-refractivity contribution in [1.29, 1.82) is 0 Å². The van der Waals surface area contributed by atoms with Crippen molar-refractivity contribution in [3.63, 3.8) is 0 Å². The summed E-state index contributed by atoms with van der Waals surface area (Å²) in [5, 5.41) is 0. The SMILES string of the molecule is CCCCOc1c(N(C)C)nc(Br)c(C)c1C(=O)Oc1ccccc1. The Morgan fingerprint density at radius 1 is 1.24 bits per heavy atom. The average molecular weight is 407 g/mol. The topological polar surface area (TPSA) is 51.7 Å². The van der Waals surface area contributed by atoms with Gasteiger partial charge < -0.3 is 14.4 Å². The molecule has 0 unspecified atom stereocenters. The number of ether oxygens (including phenoxy) is 2. The number of pyridine rings is 1. The predicted molar refractivity (Wildman–Crippen MR) is 103 cm³/mol. The summed E-state index contributed by atoms with van der Waals surface area (Å²) < 4.78 is 12.1. The van der Waals surface area contributed by atoms with Crippen molar-refractivity contribution in [3.05, 3.63) is 46.1 Å². The van der Waals surface area contributed by atoms with E-state index in [2.05, 4.69) is 27.8 Å². The second-order valence-corrected chi connectivity index (χ2v) is 6.61. The molecule has 0 atom stereocenters. The Morgan fingerprint density at radius 2 is 1.92 bits per heavy atom. The molecule has 2 aromatic rings. The van der Waals surface area contributed by atoms with E-state index in [1.54, 1.807) is 12.1 Å². The first-order valence-electron chi connectivity index (χ1n) is 8.23. The Bertz CT molecular complexity index is 733. The maximum Gasteiger partial charge on any atom is 0.347 e. The smallest absolute Gasteiger partial charge is 0.347 e. The summed E-state index contributed by atoms with van der Waals surface area (Å²) in [5.74, 6) is 1.08. The maximum absolute atomic E-state index is 12.8. The number of carbonyl (C=O) groups excluding carboxylic acids is 1. The molecule has 0 aliphatic heterocycles. The first-order valence-corrected chi connectivity index (χ1v) is 9.02. The summed E-state index contributed by atoms with van der Waals surface area (Å²) in [5.41, 5.74) is 1.09. The molecule has 2 rings (SSSR count). The van der Waals surface area contributed by atoms with E-state index in [0.29, 0.717) is 39.7 Å². The molecule has 0 bridgehead atoms. The van der Waals surface area contributed by atoms with E-state index in [9.17, 15) is 4.79 Å². The van der Waals surface area contributed by atoms with Crippen LogP contribution in [0, 0.1) is 6.92 Å². The van der Waals surface area contributed by atoms with Crippen LogP contribution < -0.4 is 14.4 Å². The maximum atomic E-state index is 12.8. The molecule has 1 aromatic heterocycles. The molecule has 25 heavy (non-hydrogen) atoms. The predicted octanol–water partition coefficient (Wildman–Crippen LogP) is 4.62. The normalized spacial score (nSPS) is 10.4. The minimum absolute atomic E-state index is 0.394. The number of aromatic nitrogens is 1. The molecule has 0 spiro atoms. The van der Waals surface area contributed by atoms with Crippen molar-refractivity contribution in [2.45, 2.75) is 26.7 Å². The van der Waals surface area contributed by atoms with Gasteiger partial charge in [0.05, 0.1) is 6.61 Å². The number of anilines is 1. The molecular weight excluding hydrogens is 384 g/mol. The molecule has 0 saturated heterocycles. The zero-order valence-corrected chi connectivity index (χ0v) is 16.6. The number of esters is 1. The highest BCUT2D eigenvalue weighted by molar-refractivity contribution is 9.10. The van der Waals surface area contributed by atoms with Crippen LogP contribution in [-0.4, -0.2) is 31.7 Å². The van der Waals surface area contributed by atoms with Gasteiger partial charge in [-0.25, -0.2) is 9.78 Å². The lowest BCUT2D eigenvalue weighted by atomic mass is 10.1. The summed E-state index contributed by atoms with van der Waals surface area (Å²) in [4.78, 5) is 19.2. The van der Waals surface area contributed by atoms with Gasteiger partial charge in [-0.15, -0.1) is 0 Å². The van der Waals surface area contributed by atoms with Crippen molar-refractivity contribution in [3.8, 4) is 11.5 Å². The van der Waals surface area contributed by atoms with E-state index in [-0.39, 0.29) is 0 Å². The van der Waals surface area contributed by atoms with Gasteiger partial charge in [0, 0.05) is 19.7 Å². The second kappa shape index (κ2) is 8.85. The van der Waals surface area contributed by atoms with Gasteiger partial charge in [-0.1, -0.05) is 31.5 Å². The van der Waals surface area contributed by atoms with Crippen molar-refractivity contribution in [2.75, 3.05) is 25.6 Å². The van der Waals surface area contributed by atoms with E-state index in [0.717, 1.165) is 12.8 Å². The summed E-state index contributed by atoms with van der Waals surface area (Å²) in [6.45, 7) is 4.43. The number of rotatable bonds is 7. The zero-order valence-electron chi connectivity index (χ0n) is 15.0. The van der Waals surface area contributed by atoms with Crippen LogP contribution in [0.4, 0.5) is 5.82 Å². The van der Waals surface area contributed by atoms with Crippen LogP contribution in [0.2, 0.25) is 0 Å². The molecule has 1 heterocycles. The highest BCUT2D eigenvalue weighted by Gasteiger charge is 2.25. The highest BCUT2D eigenvalue weighted by atomic mass is 79.9. The third kappa shape index (κ3) is 4.72. The van der Waals surface area contributed by atoms with Gasteiger partial charge >= 0.3 is 5.97 Å². The van der Waals surface area contributed by atoms with Gasteiger partial charge in [0.2, 0.25) is 0 Å². The standard InChI is InChI=1S/C19H23BrN2O3/c1-5-6-12-24-16-15(13(2)17(20)21-18(16)22(3)4)19(23)25-14-10-8-7-9-11-14/h7-11H,5-6,12H2,1-4H3. The van der Waals surface area contributed by atoms with Crippen LogP contribution in [0.15, 0.2) is 34.9 Å². The third-order valence-electron chi connectivity index (χ3n) is 3.64. The van der Waals surface area contributed by atoms with Gasteiger partial charge in [-0.3, -0.25) is 0 Å². The molecular formula is C19H23BrN2O3. The molecule has 6 heteroatoms. The minimum Gasteiger partial charge on any atom is -0.489 e. The van der Waals surface area contributed by atoms with Crippen LogP contribution in [0.1, 0.15) is 35.7 Å². The fourth-order valence-electron chi connectivity index (χ4n) is 2.26. The van der Waals surface area contributed by atoms with Crippen molar-refractivity contribution >= 4 is 27.7 Å². The molecule has 0 amide bonds. The summed E-state index contributed by atoms with van der Waals surface area (Å²) in [6.07, 6.45) is 1.90. The van der Waals surface area contributed by atoms with E-state index >= 15 is 0 Å². The molecule has 5 nitrogen and oxygen atoms in total. The van der Waals surface area contributed by atoms with Gasteiger partial charge in [0.1, 0.15) is 15.9 Å². The lowest BCUT2D eigenvalue weighted by molar-refractivity contribution is 0.0729. The number of unbranched alkanes of at least 4 members (excludes halogenated alkanes) is 1. The summed E-state index contributed by atoms with van der Waals surface area (Å²) >= 11 is 3.43. The van der Waals surface area contributed by atoms with Crippen molar-refractivity contribution in [1.82, 2.24) is 4.98 Å². The van der Waals surface area contributed by atoms with Crippen LogP contribution >= 0.6 is 15.9 Å². The fraction of sp³-hybridized carbons (Fsp3) is 0.368. The number of benzene rings is 1. The summed E-state index contributed by atoms with van der Waals surface area (Å²) in [6, 6.07) is 9.00. The van der Waals surface area contributed by atoms with E-state index in [1.807, 2.05) is 44.1 Å². The van der Waals surface area contributed by atoms with Crippen molar-refractivity contribution in [2.24, 2.45) is 0 Å². The number of para-hydroxylation sites is 1. The molecule has 0 aliphatic carbocycles. The first kappa shape index (κ1) is 19.2. The molecule has 0 fully saturated rings. The molecule has 134 valence electrons. The number of hydrogen-bond acceptors (Lipinski definition) is 5. The zero-order chi connectivity index (χ0) is 18.4. The third-order valence-corrected chi connectivity index (χ3v) is 4.42.